The molecule has 0 spiro atoms. The van der Waals surface area contributed by atoms with E-state index in [0.29, 0.717) is 0 Å². The van der Waals surface area contributed by atoms with Gasteiger partial charge in [-0.2, -0.15) is 0 Å². The molecule has 0 aliphatic heterocycles. The van der Waals surface area contributed by atoms with E-state index >= 15 is 0 Å². The molecule has 0 saturated heterocycles. The van der Waals surface area contributed by atoms with Gasteiger partial charge in [0.2, 0.25) is 0 Å². The van der Waals surface area contributed by atoms with Gasteiger partial charge < -0.3 is 9.47 Å². The predicted octanol–water partition coefficient (Wildman–Crippen LogP) is 17.7. The van der Waals surface area contributed by atoms with Gasteiger partial charge in [0.1, 0.15) is 0 Å². The number of aromatic nitrogens is 1. The molecule has 1 aromatic heterocycles. The van der Waals surface area contributed by atoms with Crippen molar-refractivity contribution >= 4 is 49.6 Å². The zero-order valence-corrected chi connectivity index (χ0v) is 36.3. The fraction of sp³-hybridized carbons (Fsp3) is 0. The predicted molar refractivity (Wildman–Crippen MR) is 280 cm³/mol. The van der Waals surface area contributed by atoms with Crippen molar-refractivity contribution < 1.29 is 0 Å². The molecule has 2 nitrogen and oxygen atoms in total. The molecule has 0 N–H and O–H groups in total. The summed E-state index contributed by atoms with van der Waals surface area (Å²) in [5.41, 5.74) is 18.7. The molecule has 1 heterocycles. The molecule has 66 heavy (non-hydrogen) atoms. The molecule has 2 heteroatoms. The second-order valence-electron chi connectivity index (χ2n) is 16.9. The number of rotatable bonds is 9. The van der Waals surface area contributed by atoms with Crippen molar-refractivity contribution in [3.05, 3.63) is 267 Å². The maximum atomic E-state index is 2.41. The molecular formula is C64H44N2. The number of hydrogen-bond acceptors (Lipinski definition) is 1. The Kier molecular flexibility index (Phi) is 9.89. The first-order valence-electron chi connectivity index (χ1n) is 22.7. The number of para-hydroxylation sites is 3. The Balaban J connectivity index is 0.971. The standard InChI is InChI=1S/C64H44N2/c1-2-17-49(18-3-1)55-20-6-7-21-56(55)57-22-8-9-23-58(57)59-24-10-13-27-62(59)65(53-40-42-54(43-41-53)66-63-28-14-11-25-60(63)61-26-12-15-29-64(61)66)52-38-36-47(37-39-52)46-30-32-48(33-31-46)51-35-34-45-16-4-5-19-50(45)44-51/h1-44H. The first-order chi connectivity index (χ1) is 32.7. The van der Waals surface area contributed by atoms with E-state index in [9.17, 15) is 0 Å². The highest BCUT2D eigenvalue weighted by atomic mass is 15.1. The quantitative estimate of drug-likeness (QED) is 0.141. The first-order valence-corrected chi connectivity index (χ1v) is 22.7. The van der Waals surface area contributed by atoms with Crippen LogP contribution in [-0.2, 0) is 0 Å². The summed E-state index contributed by atoms with van der Waals surface area (Å²) in [6.45, 7) is 0. The minimum absolute atomic E-state index is 1.07. The highest BCUT2D eigenvalue weighted by molar-refractivity contribution is 6.09. The van der Waals surface area contributed by atoms with E-state index in [4.69, 9.17) is 0 Å². The van der Waals surface area contributed by atoms with Crippen LogP contribution >= 0.6 is 0 Å². The Morgan fingerprint density at radius 3 is 1.32 bits per heavy atom. The molecule has 11 aromatic carbocycles. The molecular weight excluding hydrogens is 797 g/mol. The van der Waals surface area contributed by atoms with Crippen LogP contribution in [0.2, 0.25) is 0 Å². The van der Waals surface area contributed by atoms with Crippen LogP contribution in [0.15, 0.2) is 267 Å². The minimum atomic E-state index is 1.07. The maximum absolute atomic E-state index is 2.41. The van der Waals surface area contributed by atoms with E-state index in [1.807, 2.05) is 0 Å². The highest BCUT2D eigenvalue weighted by Gasteiger charge is 2.21. The van der Waals surface area contributed by atoms with Crippen LogP contribution in [0.5, 0.6) is 0 Å². The molecule has 0 radical (unpaired) electrons. The summed E-state index contributed by atoms with van der Waals surface area (Å²) >= 11 is 0. The summed E-state index contributed by atoms with van der Waals surface area (Å²) in [6.07, 6.45) is 0. The number of hydrogen-bond donors (Lipinski definition) is 0. The largest absolute Gasteiger partial charge is 0.310 e. The molecule has 0 unspecified atom stereocenters. The van der Waals surface area contributed by atoms with Crippen LogP contribution < -0.4 is 4.90 Å². The van der Waals surface area contributed by atoms with E-state index in [1.165, 1.54) is 82.6 Å². The van der Waals surface area contributed by atoms with E-state index in [1.54, 1.807) is 0 Å². The lowest BCUT2D eigenvalue weighted by atomic mass is 9.88. The average Bonchev–Trinajstić information content (AvgIpc) is 3.74. The summed E-state index contributed by atoms with van der Waals surface area (Å²) in [5.74, 6) is 0. The van der Waals surface area contributed by atoms with Crippen LogP contribution in [0.25, 0.3) is 93.9 Å². The molecule has 0 aliphatic rings. The lowest BCUT2D eigenvalue weighted by Crippen LogP contribution is -2.11. The topological polar surface area (TPSA) is 8.17 Å². The Morgan fingerprint density at radius 1 is 0.258 bits per heavy atom. The van der Waals surface area contributed by atoms with Crippen molar-refractivity contribution in [3.8, 4) is 61.3 Å². The molecule has 0 bridgehead atoms. The van der Waals surface area contributed by atoms with Gasteiger partial charge in [-0.15, -0.1) is 0 Å². The monoisotopic (exact) mass is 840 g/mol. The van der Waals surface area contributed by atoms with Gasteiger partial charge in [0.25, 0.3) is 0 Å². The summed E-state index contributed by atoms with van der Waals surface area (Å²) < 4.78 is 2.38. The third-order valence-electron chi connectivity index (χ3n) is 13.0. The fourth-order valence-electron chi connectivity index (χ4n) is 9.84. The zero-order chi connectivity index (χ0) is 43.8. The molecule has 12 rings (SSSR count). The molecule has 0 saturated carbocycles. The van der Waals surface area contributed by atoms with E-state index in [2.05, 4.69) is 276 Å². The molecule has 0 atom stereocenters. The Labute approximate surface area is 385 Å². The van der Waals surface area contributed by atoms with Crippen molar-refractivity contribution in [2.45, 2.75) is 0 Å². The number of benzene rings is 11. The van der Waals surface area contributed by atoms with Crippen molar-refractivity contribution in [2.75, 3.05) is 4.90 Å². The van der Waals surface area contributed by atoms with Gasteiger partial charge in [0, 0.05) is 33.4 Å². The number of nitrogens with zero attached hydrogens (tertiary/aromatic N) is 2. The number of anilines is 3. The van der Waals surface area contributed by atoms with E-state index in [-0.39, 0.29) is 0 Å². The van der Waals surface area contributed by atoms with Gasteiger partial charge in [-0.05, 0) is 122 Å². The smallest absolute Gasteiger partial charge is 0.0541 e. The van der Waals surface area contributed by atoms with E-state index in [0.717, 1.165) is 28.3 Å². The van der Waals surface area contributed by atoms with Gasteiger partial charge in [0.05, 0.1) is 16.7 Å². The van der Waals surface area contributed by atoms with Crippen molar-refractivity contribution in [3.63, 3.8) is 0 Å². The first kappa shape index (κ1) is 38.9. The van der Waals surface area contributed by atoms with Gasteiger partial charge in [0.15, 0.2) is 0 Å². The number of fused-ring (bicyclic) bond motifs is 4. The Bertz CT molecular complexity index is 3620. The van der Waals surface area contributed by atoms with Crippen LogP contribution in [0.4, 0.5) is 17.1 Å². The summed E-state index contributed by atoms with van der Waals surface area (Å²) in [4.78, 5) is 2.41. The fourth-order valence-corrected chi connectivity index (χ4v) is 9.84. The van der Waals surface area contributed by atoms with Gasteiger partial charge in [-0.25, -0.2) is 0 Å². The van der Waals surface area contributed by atoms with Crippen LogP contribution in [0.3, 0.4) is 0 Å². The second-order valence-corrected chi connectivity index (χ2v) is 16.9. The Morgan fingerprint density at radius 2 is 0.682 bits per heavy atom. The zero-order valence-electron chi connectivity index (χ0n) is 36.3. The maximum Gasteiger partial charge on any atom is 0.0541 e. The van der Waals surface area contributed by atoms with Crippen LogP contribution in [-0.4, -0.2) is 4.57 Å². The van der Waals surface area contributed by atoms with Gasteiger partial charge in [-0.3, -0.25) is 0 Å². The minimum Gasteiger partial charge on any atom is -0.310 e. The van der Waals surface area contributed by atoms with Crippen LogP contribution in [0.1, 0.15) is 0 Å². The van der Waals surface area contributed by atoms with Crippen molar-refractivity contribution in [1.82, 2.24) is 4.57 Å². The van der Waals surface area contributed by atoms with E-state index < -0.39 is 0 Å². The molecule has 0 fully saturated rings. The Hall–Kier alpha value is -8.72. The molecule has 12 aromatic rings. The normalized spacial score (nSPS) is 11.3. The van der Waals surface area contributed by atoms with Crippen LogP contribution in [0, 0.1) is 0 Å². The highest BCUT2D eigenvalue weighted by Crippen LogP contribution is 2.46. The lowest BCUT2D eigenvalue weighted by molar-refractivity contribution is 1.17. The third-order valence-corrected chi connectivity index (χ3v) is 13.0. The second kappa shape index (κ2) is 16.8. The van der Waals surface area contributed by atoms with Crippen molar-refractivity contribution in [2.24, 2.45) is 0 Å². The third kappa shape index (κ3) is 7.02. The summed E-state index contributed by atoms with van der Waals surface area (Å²) in [5, 5.41) is 5.02. The summed E-state index contributed by atoms with van der Waals surface area (Å²) in [6, 6.07) is 96.9. The SMILES string of the molecule is c1ccc(-c2ccccc2-c2ccccc2-c2ccccc2N(c2ccc(-c3ccc(-c4ccc5ccccc5c4)cc3)cc2)c2ccc(-n3c4ccccc4c4ccccc43)cc2)cc1. The lowest BCUT2D eigenvalue weighted by Gasteiger charge is -2.29. The van der Waals surface area contributed by atoms with Crippen molar-refractivity contribution in [1.29, 1.82) is 0 Å². The average molecular weight is 841 g/mol. The summed E-state index contributed by atoms with van der Waals surface area (Å²) in [7, 11) is 0. The molecule has 310 valence electrons. The molecule has 0 aliphatic carbocycles. The molecule has 0 amide bonds. The van der Waals surface area contributed by atoms with Gasteiger partial charge in [-0.1, -0.05) is 206 Å². The van der Waals surface area contributed by atoms with Gasteiger partial charge >= 0.3 is 0 Å².